The highest BCUT2D eigenvalue weighted by Crippen LogP contribution is 2.33. The summed E-state index contributed by atoms with van der Waals surface area (Å²) in [5.74, 6) is -1.05. The van der Waals surface area contributed by atoms with Gasteiger partial charge in [0.05, 0.1) is 19.3 Å². The number of carbonyl (C=O) groups is 1. The lowest BCUT2D eigenvalue weighted by atomic mass is 10.1. The highest BCUT2D eigenvalue weighted by molar-refractivity contribution is 5.93. The minimum Gasteiger partial charge on any atom is -0.504 e. The van der Waals surface area contributed by atoms with Gasteiger partial charge in [0.2, 0.25) is 0 Å². The molecule has 1 rings (SSSR count). The summed E-state index contributed by atoms with van der Waals surface area (Å²) in [6, 6.07) is 4.57. The van der Waals surface area contributed by atoms with Gasteiger partial charge in [0.1, 0.15) is 11.6 Å². The van der Waals surface area contributed by atoms with Crippen LogP contribution in [0.4, 0.5) is 0 Å². The van der Waals surface area contributed by atoms with Crippen LogP contribution in [0, 0.1) is 11.3 Å². The Balaban J connectivity index is 3.25. The molecule has 0 atom stereocenters. The number of methoxy groups -OCH3 is 1. The largest absolute Gasteiger partial charge is 0.504 e. The van der Waals surface area contributed by atoms with Crippen LogP contribution in [0.5, 0.6) is 11.5 Å². The van der Waals surface area contributed by atoms with E-state index in [9.17, 15) is 9.90 Å². The number of rotatable bonds is 3. The van der Waals surface area contributed by atoms with E-state index in [1.165, 1.54) is 19.2 Å². The summed E-state index contributed by atoms with van der Waals surface area (Å²) in [5.41, 5.74) is 0.144. The first-order valence-corrected chi connectivity index (χ1v) is 4.62. The number of nitrogens with zero attached hydrogens (tertiary/aromatic N) is 1. The minimum atomic E-state index is -0.650. The van der Waals surface area contributed by atoms with Crippen LogP contribution < -0.4 is 4.74 Å². The monoisotopic (exact) mass is 221 g/mol. The molecule has 5 nitrogen and oxygen atoms in total. The van der Waals surface area contributed by atoms with Gasteiger partial charge in [-0.1, -0.05) is 0 Å². The number of benzene rings is 1. The Bertz CT molecular complexity index is 448. The standard InChI is InChI=1S/C11H11NO4/c1-3-16-11(14)8-5-4-7(6-12)10(15-2)9(8)13/h4-5,13H,3H2,1-2H3. The number of phenolic OH excluding ortho intramolecular Hbond substituents is 1. The van der Waals surface area contributed by atoms with E-state index in [-0.39, 0.29) is 29.2 Å². The van der Waals surface area contributed by atoms with Crippen LogP contribution in [0.1, 0.15) is 22.8 Å². The van der Waals surface area contributed by atoms with E-state index in [0.29, 0.717) is 0 Å². The molecule has 5 heteroatoms. The normalized spacial score (nSPS) is 9.31. The van der Waals surface area contributed by atoms with Gasteiger partial charge in [0, 0.05) is 0 Å². The Labute approximate surface area is 92.8 Å². The van der Waals surface area contributed by atoms with Crippen molar-refractivity contribution >= 4 is 5.97 Å². The summed E-state index contributed by atoms with van der Waals surface area (Å²) in [7, 11) is 1.31. The molecule has 0 aliphatic carbocycles. The Morgan fingerprint density at radius 2 is 2.25 bits per heavy atom. The summed E-state index contributed by atoms with van der Waals surface area (Å²) in [6.45, 7) is 1.87. The first-order chi connectivity index (χ1) is 7.65. The van der Waals surface area contributed by atoms with Crippen LogP contribution >= 0.6 is 0 Å². The smallest absolute Gasteiger partial charge is 0.342 e. The molecule has 0 fully saturated rings. The molecule has 0 aliphatic heterocycles. The van der Waals surface area contributed by atoms with Crippen molar-refractivity contribution in [1.29, 1.82) is 5.26 Å². The quantitative estimate of drug-likeness (QED) is 0.781. The topological polar surface area (TPSA) is 79.6 Å². The molecule has 0 bridgehead atoms. The second-order valence-corrected chi connectivity index (χ2v) is 2.87. The minimum absolute atomic E-state index is 0.0160. The molecule has 0 aromatic heterocycles. The lowest BCUT2D eigenvalue weighted by Crippen LogP contribution is -2.06. The number of ether oxygens (including phenoxy) is 2. The highest BCUT2D eigenvalue weighted by Gasteiger charge is 2.19. The SMILES string of the molecule is CCOC(=O)c1ccc(C#N)c(OC)c1O. The van der Waals surface area contributed by atoms with Gasteiger partial charge >= 0.3 is 5.97 Å². The molecule has 0 amide bonds. The third-order valence-corrected chi connectivity index (χ3v) is 1.95. The van der Waals surface area contributed by atoms with Crippen molar-refractivity contribution in [2.24, 2.45) is 0 Å². The van der Waals surface area contributed by atoms with Crippen LogP contribution in [-0.4, -0.2) is 24.8 Å². The Morgan fingerprint density at radius 1 is 1.56 bits per heavy atom. The van der Waals surface area contributed by atoms with E-state index in [0.717, 1.165) is 0 Å². The van der Waals surface area contributed by atoms with Crippen LogP contribution in [-0.2, 0) is 4.74 Å². The van der Waals surface area contributed by atoms with Crippen molar-refractivity contribution in [2.45, 2.75) is 6.92 Å². The van der Waals surface area contributed by atoms with Crippen LogP contribution in [0.15, 0.2) is 12.1 Å². The number of carbonyl (C=O) groups excluding carboxylic acids is 1. The molecule has 84 valence electrons. The molecule has 0 unspecified atom stereocenters. The number of hydrogen-bond acceptors (Lipinski definition) is 5. The van der Waals surface area contributed by atoms with Gasteiger partial charge in [0.25, 0.3) is 0 Å². The number of esters is 1. The number of nitriles is 1. The maximum absolute atomic E-state index is 11.4. The maximum atomic E-state index is 11.4. The molecule has 1 aromatic rings. The van der Waals surface area contributed by atoms with Gasteiger partial charge in [-0.05, 0) is 19.1 Å². The van der Waals surface area contributed by atoms with E-state index in [1.807, 2.05) is 6.07 Å². The van der Waals surface area contributed by atoms with Crippen molar-refractivity contribution in [3.63, 3.8) is 0 Å². The Morgan fingerprint density at radius 3 is 2.75 bits per heavy atom. The van der Waals surface area contributed by atoms with Gasteiger partial charge in [-0.15, -0.1) is 0 Å². The van der Waals surface area contributed by atoms with E-state index in [2.05, 4.69) is 0 Å². The lowest BCUT2D eigenvalue weighted by molar-refractivity contribution is 0.0522. The van der Waals surface area contributed by atoms with Crippen molar-refractivity contribution in [3.8, 4) is 17.6 Å². The van der Waals surface area contributed by atoms with Crippen molar-refractivity contribution < 1.29 is 19.4 Å². The molecule has 0 aliphatic rings. The third kappa shape index (κ3) is 2.06. The predicted octanol–water partition coefficient (Wildman–Crippen LogP) is 1.45. The van der Waals surface area contributed by atoms with E-state index >= 15 is 0 Å². The summed E-state index contributed by atoms with van der Waals surface area (Å²) >= 11 is 0. The fourth-order valence-electron chi connectivity index (χ4n) is 1.24. The average Bonchev–Trinajstić information content (AvgIpc) is 2.28. The highest BCUT2D eigenvalue weighted by atomic mass is 16.5. The summed E-state index contributed by atoms with van der Waals surface area (Å²) in [6.07, 6.45) is 0. The molecule has 0 spiro atoms. The molecule has 16 heavy (non-hydrogen) atoms. The van der Waals surface area contributed by atoms with Gasteiger partial charge in [-0.3, -0.25) is 0 Å². The van der Waals surface area contributed by atoms with Gasteiger partial charge < -0.3 is 14.6 Å². The van der Waals surface area contributed by atoms with Gasteiger partial charge in [0.15, 0.2) is 11.5 Å². The molecular formula is C11H11NO4. The molecular weight excluding hydrogens is 210 g/mol. The van der Waals surface area contributed by atoms with Gasteiger partial charge in [-0.25, -0.2) is 4.79 Å². The fraction of sp³-hybridized carbons (Fsp3) is 0.273. The van der Waals surface area contributed by atoms with E-state index < -0.39 is 5.97 Å². The van der Waals surface area contributed by atoms with Crippen molar-refractivity contribution in [1.82, 2.24) is 0 Å². The molecule has 1 N–H and O–H groups in total. The van der Waals surface area contributed by atoms with Crippen molar-refractivity contribution in [3.05, 3.63) is 23.3 Å². The first kappa shape index (κ1) is 11.9. The molecule has 0 saturated heterocycles. The zero-order valence-electron chi connectivity index (χ0n) is 8.98. The summed E-state index contributed by atoms with van der Waals surface area (Å²) < 4.78 is 9.60. The van der Waals surface area contributed by atoms with E-state index in [1.54, 1.807) is 6.92 Å². The van der Waals surface area contributed by atoms with Crippen LogP contribution in [0.3, 0.4) is 0 Å². The zero-order chi connectivity index (χ0) is 12.1. The maximum Gasteiger partial charge on any atom is 0.342 e. The van der Waals surface area contributed by atoms with Gasteiger partial charge in [-0.2, -0.15) is 5.26 Å². The fourth-order valence-corrected chi connectivity index (χ4v) is 1.24. The average molecular weight is 221 g/mol. The third-order valence-electron chi connectivity index (χ3n) is 1.95. The molecule has 0 heterocycles. The summed E-state index contributed by atoms with van der Waals surface area (Å²) in [4.78, 5) is 11.4. The van der Waals surface area contributed by atoms with Crippen LogP contribution in [0.2, 0.25) is 0 Å². The lowest BCUT2D eigenvalue weighted by Gasteiger charge is -2.09. The number of hydrogen-bond donors (Lipinski definition) is 1. The van der Waals surface area contributed by atoms with Crippen LogP contribution in [0.25, 0.3) is 0 Å². The second kappa shape index (κ2) is 5.03. The Kier molecular flexibility index (Phi) is 3.72. The predicted molar refractivity (Wildman–Crippen MR) is 55.3 cm³/mol. The van der Waals surface area contributed by atoms with E-state index in [4.69, 9.17) is 14.7 Å². The second-order valence-electron chi connectivity index (χ2n) is 2.87. The molecule has 0 radical (unpaired) electrons. The van der Waals surface area contributed by atoms with Crippen molar-refractivity contribution in [2.75, 3.05) is 13.7 Å². The summed E-state index contributed by atoms with van der Waals surface area (Å²) in [5, 5.41) is 18.5. The zero-order valence-corrected chi connectivity index (χ0v) is 8.98. The first-order valence-electron chi connectivity index (χ1n) is 4.62. The molecule has 0 saturated carbocycles. The number of phenols is 1. The molecule has 1 aromatic carbocycles. The Hall–Kier alpha value is -2.22. The number of aromatic hydroxyl groups is 1.